The molecule has 0 aliphatic heterocycles. The van der Waals surface area contributed by atoms with Crippen molar-refractivity contribution in [2.45, 2.75) is 38.5 Å². The number of rotatable bonds is 6. The van der Waals surface area contributed by atoms with Crippen LogP contribution in [0.5, 0.6) is 5.75 Å². The van der Waals surface area contributed by atoms with Crippen molar-refractivity contribution in [3.8, 4) is 5.75 Å². The van der Waals surface area contributed by atoms with Crippen LogP contribution < -0.4 is 10.1 Å². The summed E-state index contributed by atoms with van der Waals surface area (Å²) in [5.41, 5.74) is 2.16. The molecular formula is C27H29NO3. The first-order valence-corrected chi connectivity index (χ1v) is 11.3. The molecule has 0 unspecified atom stereocenters. The monoisotopic (exact) mass is 415 g/mol. The van der Waals surface area contributed by atoms with E-state index in [9.17, 15) is 9.59 Å². The summed E-state index contributed by atoms with van der Waals surface area (Å²) in [4.78, 5) is 25.7. The van der Waals surface area contributed by atoms with Gasteiger partial charge in [-0.25, -0.2) is 0 Å². The van der Waals surface area contributed by atoms with Crippen LogP contribution in [0.3, 0.4) is 0 Å². The molecule has 4 aliphatic rings. The standard InChI is InChI=1S/C27H29NO3/c1-31-24-9-2-18(3-10-24)4-11-25(29)22-5-7-23(8-6-22)28-26(30)27-15-19-12-20(16-27)14-21(13-19)17-27/h2-11,19-21H,12-17H2,1H3,(H,28,30)/b11-4+. The summed E-state index contributed by atoms with van der Waals surface area (Å²) < 4.78 is 5.15. The molecule has 1 N–H and O–H groups in total. The van der Waals surface area contributed by atoms with Gasteiger partial charge in [0, 0.05) is 11.3 Å². The van der Waals surface area contributed by atoms with E-state index in [4.69, 9.17) is 4.74 Å². The number of methoxy groups -OCH3 is 1. The second-order valence-electron chi connectivity index (χ2n) is 9.70. The Morgan fingerprint density at radius 3 is 2.03 bits per heavy atom. The summed E-state index contributed by atoms with van der Waals surface area (Å²) in [6, 6.07) is 14.8. The molecule has 4 nitrogen and oxygen atoms in total. The van der Waals surface area contributed by atoms with Crippen LogP contribution in [-0.2, 0) is 4.79 Å². The van der Waals surface area contributed by atoms with E-state index in [0.29, 0.717) is 5.56 Å². The average molecular weight is 416 g/mol. The van der Waals surface area contributed by atoms with Crippen molar-refractivity contribution in [1.82, 2.24) is 0 Å². The van der Waals surface area contributed by atoms with Gasteiger partial charge in [0.25, 0.3) is 0 Å². The van der Waals surface area contributed by atoms with Gasteiger partial charge in [-0.05, 0) is 104 Å². The molecule has 4 heteroatoms. The van der Waals surface area contributed by atoms with Crippen LogP contribution in [-0.4, -0.2) is 18.8 Å². The number of hydrogen-bond acceptors (Lipinski definition) is 3. The van der Waals surface area contributed by atoms with E-state index in [-0.39, 0.29) is 17.1 Å². The Morgan fingerprint density at radius 2 is 1.48 bits per heavy atom. The van der Waals surface area contributed by atoms with Gasteiger partial charge in [-0.2, -0.15) is 0 Å². The number of amides is 1. The molecule has 0 aromatic heterocycles. The van der Waals surface area contributed by atoms with Crippen LogP contribution in [0, 0.1) is 23.2 Å². The molecule has 2 aromatic carbocycles. The summed E-state index contributed by atoms with van der Waals surface area (Å²) in [6.07, 6.45) is 10.5. The molecule has 0 radical (unpaired) electrons. The summed E-state index contributed by atoms with van der Waals surface area (Å²) in [5, 5.41) is 3.15. The molecule has 0 atom stereocenters. The van der Waals surface area contributed by atoms with E-state index < -0.39 is 0 Å². The topological polar surface area (TPSA) is 55.4 Å². The van der Waals surface area contributed by atoms with Gasteiger partial charge in [-0.15, -0.1) is 0 Å². The van der Waals surface area contributed by atoms with Gasteiger partial charge in [-0.3, -0.25) is 9.59 Å². The number of anilines is 1. The molecule has 4 fully saturated rings. The highest BCUT2D eigenvalue weighted by molar-refractivity contribution is 6.07. The second-order valence-corrected chi connectivity index (χ2v) is 9.70. The van der Waals surface area contributed by atoms with E-state index in [2.05, 4.69) is 5.32 Å². The zero-order valence-electron chi connectivity index (χ0n) is 18.0. The van der Waals surface area contributed by atoms with Crippen LogP contribution in [0.15, 0.2) is 54.6 Å². The first kappa shape index (κ1) is 20.0. The quantitative estimate of drug-likeness (QED) is 0.483. The van der Waals surface area contributed by atoms with Gasteiger partial charge in [0.2, 0.25) is 5.91 Å². The van der Waals surface area contributed by atoms with Gasteiger partial charge in [0.1, 0.15) is 5.75 Å². The molecule has 4 bridgehead atoms. The number of ketones is 1. The van der Waals surface area contributed by atoms with Crippen molar-refractivity contribution in [3.63, 3.8) is 0 Å². The van der Waals surface area contributed by atoms with Crippen LogP contribution in [0.2, 0.25) is 0 Å². The molecule has 0 saturated heterocycles. The van der Waals surface area contributed by atoms with E-state index in [1.807, 2.05) is 36.4 Å². The van der Waals surface area contributed by atoms with Crippen molar-refractivity contribution in [1.29, 1.82) is 0 Å². The summed E-state index contributed by atoms with van der Waals surface area (Å²) in [5.74, 6) is 3.15. The molecule has 0 spiro atoms. The molecular weight excluding hydrogens is 386 g/mol. The third-order valence-electron chi connectivity index (χ3n) is 7.49. The molecule has 31 heavy (non-hydrogen) atoms. The molecule has 4 saturated carbocycles. The second kappa shape index (κ2) is 7.99. The van der Waals surface area contributed by atoms with Crippen molar-refractivity contribution in [2.75, 3.05) is 12.4 Å². The molecule has 4 aliphatic carbocycles. The fraction of sp³-hybridized carbons (Fsp3) is 0.407. The lowest BCUT2D eigenvalue weighted by Gasteiger charge is -2.55. The van der Waals surface area contributed by atoms with Gasteiger partial charge in [0.15, 0.2) is 5.78 Å². The van der Waals surface area contributed by atoms with Crippen molar-refractivity contribution in [3.05, 3.63) is 65.7 Å². The Bertz CT molecular complexity index is 968. The van der Waals surface area contributed by atoms with Crippen molar-refractivity contribution >= 4 is 23.5 Å². The zero-order valence-corrected chi connectivity index (χ0v) is 18.0. The summed E-state index contributed by atoms with van der Waals surface area (Å²) in [6.45, 7) is 0. The lowest BCUT2D eigenvalue weighted by Crippen LogP contribution is -2.51. The SMILES string of the molecule is COc1ccc(/C=C/C(=O)c2ccc(NC(=O)C34CC5CC(CC(C5)C3)C4)cc2)cc1. The number of benzene rings is 2. The van der Waals surface area contributed by atoms with Crippen molar-refractivity contribution in [2.24, 2.45) is 23.2 Å². The van der Waals surface area contributed by atoms with Crippen LogP contribution in [0.4, 0.5) is 5.69 Å². The number of ether oxygens (including phenoxy) is 1. The fourth-order valence-electron chi connectivity index (χ4n) is 6.35. The lowest BCUT2D eigenvalue weighted by molar-refractivity contribution is -0.140. The van der Waals surface area contributed by atoms with E-state index >= 15 is 0 Å². The van der Waals surface area contributed by atoms with Crippen LogP contribution in [0.25, 0.3) is 6.08 Å². The van der Waals surface area contributed by atoms with E-state index in [1.54, 1.807) is 31.4 Å². The maximum atomic E-state index is 13.2. The maximum Gasteiger partial charge on any atom is 0.230 e. The smallest absolute Gasteiger partial charge is 0.230 e. The number of carbonyl (C=O) groups is 2. The largest absolute Gasteiger partial charge is 0.497 e. The minimum Gasteiger partial charge on any atom is -0.497 e. The third-order valence-corrected chi connectivity index (χ3v) is 7.49. The van der Waals surface area contributed by atoms with Gasteiger partial charge < -0.3 is 10.1 Å². The first-order chi connectivity index (χ1) is 15.0. The predicted octanol–water partition coefficient (Wildman–Crippen LogP) is 5.75. The normalized spacial score (nSPS) is 28.6. The van der Waals surface area contributed by atoms with Gasteiger partial charge >= 0.3 is 0 Å². The minimum atomic E-state index is -0.162. The highest BCUT2D eigenvalue weighted by Gasteiger charge is 2.54. The summed E-state index contributed by atoms with van der Waals surface area (Å²) in [7, 11) is 1.63. The fourth-order valence-corrected chi connectivity index (χ4v) is 6.35. The number of nitrogens with one attached hydrogen (secondary N) is 1. The average Bonchev–Trinajstić information content (AvgIpc) is 2.77. The lowest BCUT2D eigenvalue weighted by atomic mass is 9.49. The van der Waals surface area contributed by atoms with Gasteiger partial charge in [0.05, 0.1) is 12.5 Å². The number of carbonyl (C=O) groups excluding carboxylic acids is 2. The van der Waals surface area contributed by atoms with Crippen molar-refractivity contribution < 1.29 is 14.3 Å². The predicted molar refractivity (Wildman–Crippen MR) is 122 cm³/mol. The Kier molecular flexibility index (Phi) is 5.17. The van der Waals surface area contributed by atoms with E-state index in [0.717, 1.165) is 54.0 Å². The third kappa shape index (κ3) is 4.04. The number of hydrogen-bond donors (Lipinski definition) is 1. The Balaban J connectivity index is 1.22. The zero-order chi connectivity index (χ0) is 21.4. The number of allylic oxidation sites excluding steroid dienone is 1. The highest BCUT2D eigenvalue weighted by Crippen LogP contribution is 2.60. The molecule has 2 aromatic rings. The molecule has 1 amide bonds. The Labute approximate surface area is 183 Å². The van der Waals surface area contributed by atoms with Gasteiger partial charge in [-0.1, -0.05) is 18.2 Å². The molecule has 6 rings (SSSR count). The summed E-state index contributed by atoms with van der Waals surface area (Å²) >= 11 is 0. The Morgan fingerprint density at radius 1 is 0.903 bits per heavy atom. The maximum absolute atomic E-state index is 13.2. The minimum absolute atomic E-state index is 0.0604. The van der Waals surface area contributed by atoms with E-state index in [1.165, 1.54) is 19.3 Å². The van der Waals surface area contributed by atoms with Crippen LogP contribution >= 0.6 is 0 Å². The Hall–Kier alpha value is -2.88. The van der Waals surface area contributed by atoms with Crippen LogP contribution in [0.1, 0.15) is 54.4 Å². The first-order valence-electron chi connectivity index (χ1n) is 11.3. The highest BCUT2D eigenvalue weighted by atomic mass is 16.5. The molecule has 160 valence electrons. The molecule has 0 heterocycles.